The van der Waals surface area contributed by atoms with E-state index in [2.05, 4.69) is 40.7 Å². The van der Waals surface area contributed by atoms with E-state index < -0.39 is 11.6 Å². The van der Waals surface area contributed by atoms with Crippen molar-refractivity contribution in [2.45, 2.75) is 75.4 Å². The zero-order valence-electron chi connectivity index (χ0n) is 24.2. The zero-order valence-corrected chi connectivity index (χ0v) is 24.2. The lowest BCUT2D eigenvalue weighted by molar-refractivity contribution is 0.0606. The minimum Gasteiger partial charge on any atom is -0.339 e. The van der Waals surface area contributed by atoms with Crippen LogP contribution in [0.25, 0.3) is 11.0 Å². The number of benzene rings is 3. The number of hydrogen-bond acceptors (Lipinski definition) is 3. The molecule has 0 aliphatic carbocycles. The number of hydrogen-bond donors (Lipinski definition) is 0. The van der Waals surface area contributed by atoms with Gasteiger partial charge in [0.25, 0.3) is 5.91 Å². The number of carbonyl (C=O) groups is 1. The second-order valence-electron chi connectivity index (χ2n) is 12.6. The molecule has 218 valence electrons. The van der Waals surface area contributed by atoms with Gasteiger partial charge in [0.15, 0.2) is 11.6 Å². The maximum Gasteiger partial charge on any atom is 0.253 e. The lowest BCUT2D eigenvalue weighted by Gasteiger charge is -2.45. The molecule has 42 heavy (non-hydrogen) atoms. The highest BCUT2D eigenvalue weighted by Crippen LogP contribution is 2.45. The maximum atomic E-state index is 14.5. The van der Waals surface area contributed by atoms with Crippen molar-refractivity contribution < 1.29 is 13.6 Å². The van der Waals surface area contributed by atoms with Gasteiger partial charge in [0.1, 0.15) is 5.82 Å². The maximum absolute atomic E-state index is 14.5. The van der Waals surface area contributed by atoms with Crippen molar-refractivity contribution >= 4 is 16.9 Å². The number of piperidine rings is 2. The number of fused-ring (bicyclic) bond motifs is 3. The number of halogens is 2. The summed E-state index contributed by atoms with van der Waals surface area (Å²) in [6.07, 6.45) is 6.96. The Labute approximate surface area is 246 Å². The van der Waals surface area contributed by atoms with Gasteiger partial charge >= 0.3 is 0 Å². The minimum absolute atomic E-state index is 0.0388. The standard InChI is InChI=1S/C35H38F2N4O/c1-24-38-32-9-5-6-10-33(32)41(24)29-22-27-12-13-28(23-29)40(27)20-17-35(26-11-14-30(36)31(37)21-26)15-18-39(19-16-35)34(42)25-7-3-2-4-8-25/h2-11,14,21,27-29H,12-13,15-20,22-23H2,1H3/t27-,28+,29?. The number of aromatic nitrogens is 2. The van der Waals surface area contributed by atoms with E-state index in [-0.39, 0.29) is 11.3 Å². The number of rotatable bonds is 6. The van der Waals surface area contributed by atoms with E-state index in [0.29, 0.717) is 36.8 Å². The summed E-state index contributed by atoms with van der Waals surface area (Å²) in [4.78, 5) is 22.6. The number of para-hydroxylation sites is 2. The fourth-order valence-corrected chi connectivity index (χ4v) is 8.20. The molecule has 4 aromatic rings. The molecule has 2 bridgehead atoms. The molecule has 4 heterocycles. The van der Waals surface area contributed by atoms with Gasteiger partial charge in [-0.25, -0.2) is 13.8 Å². The molecule has 1 amide bonds. The van der Waals surface area contributed by atoms with Crippen LogP contribution in [0.1, 0.15) is 72.7 Å². The van der Waals surface area contributed by atoms with Gasteiger partial charge < -0.3 is 9.47 Å². The molecule has 7 rings (SSSR count). The highest BCUT2D eigenvalue weighted by molar-refractivity contribution is 5.94. The summed E-state index contributed by atoms with van der Waals surface area (Å²) in [5, 5.41) is 0. The van der Waals surface area contributed by atoms with Crippen LogP contribution in [0.5, 0.6) is 0 Å². The highest BCUT2D eigenvalue weighted by Gasteiger charge is 2.44. The van der Waals surface area contributed by atoms with Crippen molar-refractivity contribution in [2.75, 3.05) is 19.6 Å². The van der Waals surface area contributed by atoms with Gasteiger partial charge in [0, 0.05) is 36.8 Å². The molecule has 0 radical (unpaired) electrons. The van der Waals surface area contributed by atoms with E-state index in [4.69, 9.17) is 4.98 Å². The minimum atomic E-state index is -0.812. The van der Waals surface area contributed by atoms with Crippen LogP contribution in [0.4, 0.5) is 8.78 Å². The number of imidazole rings is 1. The van der Waals surface area contributed by atoms with Gasteiger partial charge in [0.2, 0.25) is 0 Å². The van der Waals surface area contributed by atoms with Gasteiger partial charge in [0.05, 0.1) is 11.0 Å². The number of aryl methyl sites for hydroxylation is 1. The largest absolute Gasteiger partial charge is 0.339 e. The summed E-state index contributed by atoms with van der Waals surface area (Å²) in [7, 11) is 0. The molecule has 0 spiro atoms. The van der Waals surface area contributed by atoms with Crippen molar-refractivity contribution in [3.8, 4) is 0 Å². The normalized spacial score (nSPS) is 23.9. The van der Waals surface area contributed by atoms with Crippen molar-refractivity contribution in [1.29, 1.82) is 0 Å². The quantitative estimate of drug-likeness (QED) is 0.250. The van der Waals surface area contributed by atoms with Crippen molar-refractivity contribution in [2.24, 2.45) is 0 Å². The molecule has 3 aromatic carbocycles. The van der Waals surface area contributed by atoms with Gasteiger partial charge in [-0.2, -0.15) is 0 Å². The second-order valence-corrected chi connectivity index (χ2v) is 12.6. The fraction of sp³-hybridized carbons (Fsp3) is 0.429. The molecule has 0 N–H and O–H groups in total. The Morgan fingerprint density at radius 3 is 2.29 bits per heavy atom. The Morgan fingerprint density at radius 2 is 1.57 bits per heavy atom. The molecule has 3 saturated heterocycles. The Bertz CT molecular complexity index is 1580. The third kappa shape index (κ3) is 4.81. The average Bonchev–Trinajstić information content (AvgIpc) is 3.48. The number of nitrogens with zero attached hydrogens (tertiary/aromatic N) is 4. The summed E-state index contributed by atoms with van der Waals surface area (Å²) < 4.78 is 31.0. The summed E-state index contributed by atoms with van der Waals surface area (Å²) in [6, 6.07) is 23.7. The molecule has 5 nitrogen and oxygen atoms in total. The molecule has 3 aliphatic heterocycles. The van der Waals surface area contributed by atoms with Crippen LogP contribution in [0.15, 0.2) is 72.8 Å². The summed E-state index contributed by atoms with van der Waals surface area (Å²) in [5.41, 5.74) is 3.54. The molecule has 3 atom stereocenters. The van der Waals surface area contributed by atoms with Crippen LogP contribution >= 0.6 is 0 Å². The van der Waals surface area contributed by atoms with Crippen LogP contribution < -0.4 is 0 Å². The molecular weight excluding hydrogens is 530 g/mol. The van der Waals surface area contributed by atoms with E-state index >= 15 is 0 Å². The first-order valence-corrected chi connectivity index (χ1v) is 15.4. The van der Waals surface area contributed by atoms with Crippen LogP contribution in [-0.4, -0.2) is 57.0 Å². The lowest BCUT2D eigenvalue weighted by Crippen LogP contribution is -2.49. The Morgan fingerprint density at radius 1 is 0.881 bits per heavy atom. The molecule has 7 heteroatoms. The molecular formula is C35H38F2N4O. The van der Waals surface area contributed by atoms with E-state index in [1.807, 2.05) is 35.2 Å². The van der Waals surface area contributed by atoms with Crippen molar-refractivity contribution in [1.82, 2.24) is 19.4 Å². The van der Waals surface area contributed by atoms with Gasteiger partial charge in [-0.05, 0) is 106 Å². The second kappa shape index (κ2) is 10.9. The SMILES string of the molecule is Cc1nc2ccccc2n1C1C[C@H]2CC[C@@H](C1)N2CCC1(c2ccc(F)c(F)c2)CCN(C(=O)c2ccccc2)CC1. The van der Waals surface area contributed by atoms with Gasteiger partial charge in [-0.15, -0.1) is 0 Å². The van der Waals surface area contributed by atoms with E-state index in [0.717, 1.165) is 55.6 Å². The van der Waals surface area contributed by atoms with Crippen molar-refractivity contribution in [3.63, 3.8) is 0 Å². The third-order valence-electron chi connectivity index (χ3n) is 10.4. The predicted molar refractivity (Wildman–Crippen MR) is 160 cm³/mol. The third-order valence-corrected chi connectivity index (χ3v) is 10.4. The predicted octanol–water partition coefficient (Wildman–Crippen LogP) is 7.06. The summed E-state index contributed by atoms with van der Waals surface area (Å²) in [6.45, 7) is 4.26. The van der Waals surface area contributed by atoms with E-state index in [1.54, 1.807) is 6.07 Å². The Kier molecular flexibility index (Phi) is 7.09. The van der Waals surface area contributed by atoms with Crippen LogP contribution in [0.3, 0.4) is 0 Å². The number of amides is 1. The molecule has 1 unspecified atom stereocenters. The van der Waals surface area contributed by atoms with Crippen LogP contribution in [0, 0.1) is 18.6 Å². The van der Waals surface area contributed by atoms with E-state index in [1.165, 1.54) is 30.5 Å². The first-order chi connectivity index (χ1) is 20.4. The first kappa shape index (κ1) is 27.3. The van der Waals surface area contributed by atoms with E-state index in [9.17, 15) is 13.6 Å². The molecule has 0 saturated carbocycles. The monoisotopic (exact) mass is 568 g/mol. The molecule has 3 fully saturated rings. The lowest BCUT2D eigenvalue weighted by atomic mass is 9.70. The number of carbonyl (C=O) groups excluding carboxylic acids is 1. The molecule has 3 aliphatic rings. The smallest absolute Gasteiger partial charge is 0.253 e. The van der Waals surface area contributed by atoms with Crippen molar-refractivity contribution in [3.05, 3.63) is 101 Å². The average molecular weight is 569 g/mol. The summed E-state index contributed by atoms with van der Waals surface area (Å²) >= 11 is 0. The van der Waals surface area contributed by atoms with Gasteiger partial charge in [-0.3, -0.25) is 9.69 Å². The first-order valence-electron chi connectivity index (χ1n) is 15.4. The molecule has 1 aromatic heterocycles. The summed E-state index contributed by atoms with van der Waals surface area (Å²) in [5.74, 6) is -0.480. The number of likely N-dealkylation sites (tertiary alicyclic amines) is 1. The zero-order chi connectivity index (χ0) is 28.8. The van der Waals surface area contributed by atoms with Crippen LogP contribution in [-0.2, 0) is 5.41 Å². The Balaban J connectivity index is 1.09. The topological polar surface area (TPSA) is 41.4 Å². The highest BCUT2D eigenvalue weighted by atomic mass is 19.2. The fourth-order valence-electron chi connectivity index (χ4n) is 8.20. The van der Waals surface area contributed by atoms with Crippen LogP contribution in [0.2, 0.25) is 0 Å². The Hall–Kier alpha value is -3.58. The van der Waals surface area contributed by atoms with Gasteiger partial charge in [-0.1, -0.05) is 36.4 Å².